The van der Waals surface area contributed by atoms with E-state index in [2.05, 4.69) is 26.1 Å². The molecule has 6 heteroatoms. The fraction of sp³-hybridized carbons (Fsp3) is 0.526. The summed E-state index contributed by atoms with van der Waals surface area (Å²) in [5.41, 5.74) is 1.61. The second-order valence-corrected chi connectivity index (χ2v) is 7.09. The van der Waals surface area contributed by atoms with Crippen LogP contribution in [-0.4, -0.2) is 28.7 Å². The zero-order valence-electron chi connectivity index (χ0n) is 15.2. The molecule has 2 aliphatic heterocycles. The number of amides is 3. The van der Waals surface area contributed by atoms with Crippen LogP contribution in [0.4, 0.5) is 4.39 Å². The van der Waals surface area contributed by atoms with E-state index in [0.29, 0.717) is 24.0 Å². The number of piperidine rings is 1. The van der Waals surface area contributed by atoms with Crippen LogP contribution in [0.2, 0.25) is 0 Å². The molecule has 0 radical (unpaired) electrons. The molecule has 2 heterocycles. The minimum atomic E-state index is -0.657. The van der Waals surface area contributed by atoms with E-state index in [4.69, 9.17) is 0 Å². The zero-order chi connectivity index (χ0) is 18.7. The molecule has 2 aliphatic rings. The average molecular weight is 348 g/mol. The van der Waals surface area contributed by atoms with Crippen LogP contribution in [0.3, 0.4) is 0 Å². The highest BCUT2D eigenvalue weighted by atomic mass is 19.1. The van der Waals surface area contributed by atoms with Gasteiger partial charge in [-0.05, 0) is 36.0 Å². The Morgan fingerprint density at radius 2 is 1.88 bits per heavy atom. The number of aryl methyl sites for hydroxylation is 1. The number of carbonyl (C=O) groups excluding carboxylic acids is 3. The monoisotopic (exact) mass is 348 g/mol. The normalized spacial score (nSPS) is 19.5. The Morgan fingerprint density at radius 1 is 1.24 bits per heavy atom. The molecule has 1 aromatic rings. The molecule has 25 heavy (non-hydrogen) atoms. The average Bonchev–Trinajstić information content (AvgIpc) is 2.82. The molecule has 1 unspecified atom stereocenters. The van der Waals surface area contributed by atoms with E-state index in [-0.39, 0.29) is 24.8 Å². The maximum absolute atomic E-state index is 13.8. The standard InChI is InChI=1S/C15H15FN2O3.C4H10/c1-2-8-5-9-7-18(15(21)10(9)6-11(8)16)12-3-4-13(19)17-14(12)20;1-4(2)3/h5-6,12H,2-4,7H2,1H3,(H,17,19,20);4H,1-3H3. The third-order valence-corrected chi connectivity index (χ3v) is 4.07. The first-order valence-electron chi connectivity index (χ1n) is 8.70. The molecule has 0 spiro atoms. The van der Waals surface area contributed by atoms with E-state index in [1.807, 2.05) is 6.92 Å². The van der Waals surface area contributed by atoms with Crippen LogP contribution in [0.15, 0.2) is 12.1 Å². The van der Waals surface area contributed by atoms with Gasteiger partial charge in [-0.3, -0.25) is 19.7 Å². The summed E-state index contributed by atoms with van der Waals surface area (Å²) in [5, 5.41) is 2.24. The maximum Gasteiger partial charge on any atom is 0.255 e. The van der Waals surface area contributed by atoms with Crippen molar-refractivity contribution in [3.05, 3.63) is 34.6 Å². The first-order valence-corrected chi connectivity index (χ1v) is 8.70. The topological polar surface area (TPSA) is 66.5 Å². The van der Waals surface area contributed by atoms with Gasteiger partial charge in [-0.1, -0.05) is 33.8 Å². The molecule has 5 nitrogen and oxygen atoms in total. The lowest BCUT2D eigenvalue weighted by atomic mass is 10.0. The van der Waals surface area contributed by atoms with Crippen molar-refractivity contribution in [1.82, 2.24) is 10.2 Å². The van der Waals surface area contributed by atoms with Gasteiger partial charge in [0, 0.05) is 18.5 Å². The van der Waals surface area contributed by atoms with Crippen LogP contribution in [-0.2, 0) is 22.6 Å². The lowest BCUT2D eigenvalue weighted by Gasteiger charge is -2.29. The summed E-state index contributed by atoms with van der Waals surface area (Å²) in [5.74, 6) is -0.681. The van der Waals surface area contributed by atoms with Crippen molar-refractivity contribution in [2.75, 3.05) is 0 Å². The van der Waals surface area contributed by atoms with Crippen molar-refractivity contribution in [3.63, 3.8) is 0 Å². The summed E-state index contributed by atoms with van der Waals surface area (Å²) < 4.78 is 13.8. The van der Waals surface area contributed by atoms with Gasteiger partial charge in [-0.2, -0.15) is 0 Å². The van der Waals surface area contributed by atoms with Crippen molar-refractivity contribution in [2.45, 2.75) is 59.5 Å². The summed E-state index contributed by atoms with van der Waals surface area (Å²) in [6.45, 7) is 8.63. The van der Waals surface area contributed by atoms with Gasteiger partial charge in [-0.25, -0.2) is 4.39 Å². The van der Waals surface area contributed by atoms with E-state index >= 15 is 0 Å². The number of hydrogen-bond acceptors (Lipinski definition) is 3. The lowest BCUT2D eigenvalue weighted by Crippen LogP contribution is -2.52. The van der Waals surface area contributed by atoms with Gasteiger partial charge >= 0.3 is 0 Å². The van der Waals surface area contributed by atoms with Crippen molar-refractivity contribution in [1.29, 1.82) is 0 Å². The molecule has 136 valence electrons. The third kappa shape index (κ3) is 4.24. The molecule has 0 aliphatic carbocycles. The summed E-state index contributed by atoms with van der Waals surface area (Å²) in [6.07, 6.45) is 1.07. The maximum atomic E-state index is 13.8. The van der Waals surface area contributed by atoms with E-state index in [9.17, 15) is 18.8 Å². The molecule has 1 saturated heterocycles. The van der Waals surface area contributed by atoms with Crippen molar-refractivity contribution < 1.29 is 18.8 Å². The van der Waals surface area contributed by atoms with Crippen molar-refractivity contribution >= 4 is 17.7 Å². The Bertz CT molecular complexity index is 697. The second-order valence-electron chi connectivity index (χ2n) is 7.09. The number of halogens is 1. The number of nitrogens with one attached hydrogen (secondary N) is 1. The molecule has 0 aromatic heterocycles. The summed E-state index contributed by atoms with van der Waals surface area (Å²) >= 11 is 0. The van der Waals surface area contributed by atoms with Crippen LogP contribution in [0, 0.1) is 11.7 Å². The van der Waals surface area contributed by atoms with Gasteiger partial charge in [0.05, 0.1) is 0 Å². The largest absolute Gasteiger partial charge is 0.322 e. The second kappa shape index (κ2) is 7.76. The van der Waals surface area contributed by atoms with Gasteiger partial charge in [0.2, 0.25) is 11.8 Å². The Labute approximate surface area is 147 Å². The molecule has 0 saturated carbocycles. The summed E-state index contributed by atoms with van der Waals surface area (Å²) in [7, 11) is 0. The molecule has 3 amide bonds. The van der Waals surface area contributed by atoms with Gasteiger partial charge in [0.25, 0.3) is 5.91 Å². The highest BCUT2D eigenvalue weighted by molar-refractivity contribution is 6.05. The van der Waals surface area contributed by atoms with Crippen molar-refractivity contribution in [2.24, 2.45) is 5.92 Å². The van der Waals surface area contributed by atoms with Crippen LogP contribution in [0.5, 0.6) is 0 Å². The molecule has 1 atom stereocenters. The minimum absolute atomic E-state index is 0.213. The van der Waals surface area contributed by atoms with E-state index < -0.39 is 17.8 Å². The number of rotatable bonds is 2. The fourth-order valence-electron chi connectivity index (χ4n) is 2.91. The summed E-state index contributed by atoms with van der Waals surface area (Å²) in [4.78, 5) is 36.8. The first-order chi connectivity index (χ1) is 11.7. The smallest absolute Gasteiger partial charge is 0.255 e. The molecular formula is C19H25FN2O3. The van der Waals surface area contributed by atoms with Gasteiger partial charge in [0.1, 0.15) is 11.9 Å². The third-order valence-electron chi connectivity index (χ3n) is 4.07. The van der Waals surface area contributed by atoms with Crippen molar-refractivity contribution in [3.8, 4) is 0 Å². The number of benzene rings is 1. The van der Waals surface area contributed by atoms with Gasteiger partial charge < -0.3 is 4.90 Å². The molecular weight excluding hydrogens is 323 g/mol. The molecule has 0 bridgehead atoms. The highest BCUT2D eigenvalue weighted by Crippen LogP contribution is 2.29. The van der Waals surface area contributed by atoms with Crippen LogP contribution < -0.4 is 5.32 Å². The Morgan fingerprint density at radius 3 is 2.44 bits per heavy atom. The highest BCUT2D eigenvalue weighted by Gasteiger charge is 2.39. The zero-order valence-corrected chi connectivity index (χ0v) is 15.2. The molecule has 3 rings (SSSR count). The van der Waals surface area contributed by atoms with Gasteiger partial charge in [0.15, 0.2) is 0 Å². The Hall–Kier alpha value is -2.24. The Balaban J connectivity index is 0.000000511. The van der Waals surface area contributed by atoms with Crippen LogP contribution >= 0.6 is 0 Å². The number of imide groups is 1. The van der Waals surface area contributed by atoms with E-state index in [0.717, 1.165) is 11.5 Å². The van der Waals surface area contributed by atoms with Gasteiger partial charge in [-0.15, -0.1) is 0 Å². The van der Waals surface area contributed by atoms with E-state index in [1.165, 1.54) is 11.0 Å². The quantitative estimate of drug-likeness (QED) is 0.836. The van der Waals surface area contributed by atoms with E-state index in [1.54, 1.807) is 6.07 Å². The fourth-order valence-corrected chi connectivity index (χ4v) is 2.91. The SMILES string of the molecule is CC(C)C.CCc1cc2c(cc1F)C(=O)N(C1CCC(=O)NC1=O)C2. The van der Waals surface area contributed by atoms with Crippen LogP contribution in [0.25, 0.3) is 0 Å². The first kappa shape index (κ1) is 19.1. The lowest BCUT2D eigenvalue weighted by molar-refractivity contribution is -0.136. The molecule has 1 aromatic carbocycles. The predicted octanol–water partition coefficient (Wildman–Crippen LogP) is 2.81. The van der Waals surface area contributed by atoms with Crippen LogP contribution in [0.1, 0.15) is 62.0 Å². The Kier molecular flexibility index (Phi) is 5.93. The number of nitrogens with zero attached hydrogens (tertiary/aromatic N) is 1. The molecule has 1 fully saturated rings. The number of fused-ring (bicyclic) bond motifs is 1. The number of carbonyl (C=O) groups is 3. The number of hydrogen-bond donors (Lipinski definition) is 1. The predicted molar refractivity (Wildman–Crippen MR) is 92.3 cm³/mol. The molecule has 1 N–H and O–H groups in total. The summed E-state index contributed by atoms with van der Waals surface area (Å²) in [6, 6.07) is 2.28. The minimum Gasteiger partial charge on any atom is -0.322 e.